The molecule has 1 unspecified atom stereocenters. The van der Waals surface area contributed by atoms with Crippen LogP contribution in [0.5, 0.6) is 0 Å². The standard InChI is InChI=1S/C16H18N6O3/c1-25-9-10-3-2-5-21(10)13-7-12(20-22-6-4-17-14(13)22)11-8-18-16(24)19-15(11)23/h4,6-8,10H,2-3,5,9H2,1H3,(H2,18,19,23,24). The number of H-pyrrole nitrogens is 2. The van der Waals surface area contributed by atoms with Crippen LogP contribution in [0.3, 0.4) is 0 Å². The number of methoxy groups -OCH3 is 1. The molecule has 0 radical (unpaired) electrons. The van der Waals surface area contributed by atoms with E-state index in [2.05, 4.69) is 25.0 Å². The van der Waals surface area contributed by atoms with Crippen LogP contribution in [-0.2, 0) is 4.74 Å². The van der Waals surface area contributed by atoms with E-state index in [4.69, 9.17) is 4.74 Å². The first-order chi connectivity index (χ1) is 12.2. The summed E-state index contributed by atoms with van der Waals surface area (Å²) in [7, 11) is 1.69. The van der Waals surface area contributed by atoms with E-state index in [1.54, 1.807) is 24.0 Å². The Bertz CT molecular complexity index is 1020. The number of aromatic nitrogens is 5. The predicted octanol–water partition coefficient (Wildman–Crippen LogP) is 0.388. The van der Waals surface area contributed by atoms with Gasteiger partial charge in [0.1, 0.15) is 5.69 Å². The van der Waals surface area contributed by atoms with Crippen molar-refractivity contribution in [1.29, 1.82) is 0 Å². The topological polar surface area (TPSA) is 108 Å². The molecule has 1 aliphatic rings. The van der Waals surface area contributed by atoms with E-state index in [-0.39, 0.29) is 6.04 Å². The van der Waals surface area contributed by atoms with Gasteiger partial charge in [0.25, 0.3) is 5.56 Å². The fourth-order valence-corrected chi connectivity index (χ4v) is 3.36. The molecule has 1 atom stereocenters. The summed E-state index contributed by atoms with van der Waals surface area (Å²) in [5.74, 6) is 0. The molecular weight excluding hydrogens is 324 g/mol. The van der Waals surface area contributed by atoms with Gasteiger partial charge in [-0.2, -0.15) is 5.10 Å². The third-order valence-corrected chi connectivity index (χ3v) is 4.48. The minimum atomic E-state index is -0.544. The van der Waals surface area contributed by atoms with E-state index in [0.29, 0.717) is 17.9 Å². The summed E-state index contributed by atoms with van der Waals surface area (Å²) in [5, 5.41) is 4.45. The number of hydrogen-bond acceptors (Lipinski definition) is 6. The van der Waals surface area contributed by atoms with E-state index in [9.17, 15) is 9.59 Å². The predicted molar refractivity (Wildman–Crippen MR) is 91.9 cm³/mol. The Morgan fingerprint density at radius 1 is 1.40 bits per heavy atom. The van der Waals surface area contributed by atoms with Gasteiger partial charge < -0.3 is 14.6 Å². The fourth-order valence-electron chi connectivity index (χ4n) is 3.36. The van der Waals surface area contributed by atoms with Crippen molar-refractivity contribution in [3.63, 3.8) is 0 Å². The Morgan fingerprint density at radius 2 is 2.28 bits per heavy atom. The van der Waals surface area contributed by atoms with Gasteiger partial charge in [-0.1, -0.05) is 0 Å². The van der Waals surface area contributed by atoms with Crippen LogP contribution in [0.4, 0.5) is 5.69 Å². The normalized spacial score (nSPS) is 17.5. The second-order valence-electron chi connectivity index (χ2n) is 6.04. The summed E-state index contributed by atoms with van der Waals surface area (Å²) in [6.07, 6.45) is 6.90. The highest BCUT2D eigenvalue weighted by Gasteiger charge is 2.27. The number of fused-ring (bicyclic) bond motifs is 1. The van der Waals surface area contributed by atoms with E-state index < -0.39 is 11.2 Å². The molecule has 1 fully saturated rings. The highest BCUT2D eigenvalue weighted by molar-refractivity contribution is 5.74. The molecule has 4 rings (SSSR count). The molecular formula is C16H18N6O3. The van der Waals surface area contributed by atoms with Gasteiger partial charge in [-0.15, -0.1) is 0 Å². The summed E-state index contributed by atoms with van der Waals surface area (Å²) < 4.78 is 6.99. The second kappa shape index (κ2) is 6.17. The van der Waals surface area contributed by atoms with E-state index >= 15 is 0 Å². The van der Waals surface area contributed by atoms with E-state index in [0.717, 1.165) is 30.7 Å². The van der Waals surface area contributed by atoms with Crippen LogP contribution in [0, 0.1) is 0 Å². The lowest BCUT2D eigenvalue weighted by molar-refractivity contribution is 0.181. The van der Waals surface area contributed by atoms with Crippen LogP contribution in [0.25, 0.3) is 16.9 Å². The Labute approximate surface area is 142 Å². The molecule has 0 bridgehead atoms. The number of nitrogens with one attached hydrogen (secondary N) is 2. The van der Waals surface area contributed by atoms with Crippen LogP contribution in [-0.4, -0.2) is 50.9 Å². The zero-order chi connectivity index (χ0) is 17.4. The van der Waals surface area contributed by atoms with Gasteiger partial charge in [0, 0.05) is 32.2 Å². The Hall–Kier alpha value is -2.94. The molecule has 25 heavy (non-hydrogen) atoms. The Morgan fingerprint density at radius 3 is 3.08 bits per heavy atom. The zero-order valence-corrected chi connectivity index (χ0v) is 13.7. The van der Waals surface area contributed by atoms with Crippen molar-refractivity contribution < 1.29 is 4.74 Å². The maximum absolute atomic E-state index is 12.1. The Kier molecular flexibility index (Phi) is 3.85. The monoisotopic (exact) mass is 342 g/mol. The number of aromatic amines is 2. The van der Waals surface area contributed by atoms with E-state index in [1.165, 1.54) is 6.20 Å². The van der Waals surface area contributed by atoms with Gasteiger partial charge in [-0.05, 0) is 18.9 Å². The molecule has 3 aromatic heterocycles. The lowest BCUT2D eigenvalue weighted by Gasteiger charge is -2.26. The van der Waals surface area contributed by atoms with Crippen LogP contribution >= 0.6 is 0 Å². The molecule has 130 valence electrons. The maximum Gasteiger partial charge on any atom is 0.325 e. The van der Waals surface area contributed by atoms with Gasteiger partial charge in [0.05, 0.1) is 23.9 Å². The zero-order valence-electron chi connectivity index (χ0n) is 13.7. The second-order valence-corrected chi connectivity index (χ2v) is 6.04. The minimum Gasteiger partial charge on any atom is -0.383 e. The first-order valence-corrected chi connectivity index (χ1v) is 8.09. The smallest absolute Gasteiger partial charge is 0.325 e. The SMILES string of the molecule is COCC1CCCN1c1cc(-c2c[nH]c(=O)[nH]c2=O)nn2ccnc12. The third kappa shape index (κ3) is 2.72. The molecule has 1 saturated heterocycles. The van der Waals surface area contributed by atoms with Crippen molar-refractivity contribution in [1.82, 2.24) is 24.6 Å². The summed E-state index contributed by atoms with van der Waals surface area (Å²) in [6.45, 7) is 1.52. The van der Waals surface area contributed by atoms with Gasteiger partial charge in [-0.25, -0.2) is 14.3 Å². The summed E-state index contributed by atoms with van der Waals surface area (Å²) in [6, 6.07) is 2.11. The van der Waals surface area contributed by atoms with Crippen molar-refractivity contribution >= 4 is 11.3 Å². The van der Waals surface area contributed by atoms with E-state index in [1.807, 2.05) is 6.07 Å². The van der Waals surface area contributed by atoms with Gasteiger partial charge in [0.15, 0.2) is 5.65 Å². The number of hydrogen-bond donors (Lipinski definition) is 2. The van der Waals surface area contributed by atoms with Crippen LogP contribution in [0.1, 0.15) is 12.8 Å². The quantitative estimate of drug-likeness (QED) is 0.710. The van der Waals surface area contributed by atoms with Crippen molar-refractivity contribution in [3.8, 4) is 11.3 Å². The minimum absolute atomic E-state index is 0.259. The number of nitrogens with zero attached hydrogens (tertiary/aromatic N) is 4. The Balaban J connectivity index is 1.88. The number of imidazole rings is 1. The van der Waals surface area contributed by atoms with Crippen molar-refractivity contribution in [2.24, 2.45) is 0 Å². The average molecular weight is 342 g/mol. The molecule has 2 N–H and O–H groups in total. The molecule has 0 aliphatic carbocycles. The molecule has 0 aromatic carbocycles. The first-order valence-electron chi connectivity index (χ1n) is 8.09. The third-order valence-electron chi connectivity index (χ3n) is 4.48. The van der Waals surface area contributed by atoms with Crippen LogP contribution in [0.15, 0.2) is 34.2 Å². The highest BCUT2D eigenvalue weighted by Crippen LogP contribution is 2.30. The van der Waals surface area contributed by atoms with Gasteiger partial charge >= 0.3 is 5.69 Å². The molecule has 1 aliphatic heterocycles. The van der Waals surface area contributed by atoms with Crippen LogP contribution < -0.4 is 16.1 Å². The fraction of sp³-hybridized carbons (Fsp3) is 0.375. The largest absolute Gasteiger partial charge is 0.383 e. The summed E-state index contributed by atoms with van der Waals surface area (Å²) in [5.41, 5.74) is 1.39. The van der Waals surface area contributed by atoms with Gasteiger partial charge in [-0.3, -0.25) is 9.78 Å². The molecule has 9 nitrogen and oxygen atoms in total. The number of anilines is 1. The average Bonchev–Trinajstić information content (AvgIpc) is 3.23. The van der Waals surface area contributed by atoms with Gasteiger partial charge in [0.2, 0.25) is 0 Å². The van der Waals surface area contributed by atoms with Crippen LogP contribution in [0.2, 0.25) is 0 Å². The number of ether oxygens (including phenoxy) is 1. The number of rotatable bonds is 4. The lowest BCUT2D eigenvalue weighted by Crippen LogP contribution is -2.33. The summed E-state index contributed by atoms with van der Waals surface area (Å²) in [4.78, 5) is 34.8. The maximum atomic E-state index is 12.1. The molecule has 0 saturated carbocycles. The molecule has 9 heteroatoms. The summed E-state index contributed by atoms with van der Waals surface area (Å²) >= 11 is 0. The first kappa shape index (κ1) is 15.6. The van der Waals surface area contributed by atoms with Crippen molar-refractivity contribution in [2.45, 2.75) is 18.9 Å². The highest BCUT2D eigenvalue weighted by atomic mass is 16.5. The molecule has 4 heterocycles. The molecule has 0 amide bonds. The van der Waals surface area contributed by atoms with Crippen molar-refractivity contribution in [2.75, 3.05) is 25.2 Å². The van der Waals surface area contributed by atoms with Crippen molar-refractivity contribution in [3.05, 3.63) is 45.5 Å². The lowest BCUT2D eigenvalue weighted by atomic mass is 10.2. The molecule has 3 aromatic rings. The molecule has 0 spiro atoms.